The van der Waals surface area contributed by atoms with Crippen LogP contribution in [0.1, 0.15) is 32.6 Å². The predicted molar refractivity (Wildman–Crippen MR) is 99.3 cm³/mol. The van der Waals surface area contributed by atoms with Crippen LogP contribution in [0.3, 0.4) is 0 Å². The van der Waals surface area contributed by atoms with Crippen molar-refractivity contribution >= 4 is 23.0 Å². The van der Waals surface area contributed by atoms with Crippen molar-refractivity contribution in [1.29, 1.82) is 0 Å². The molecule has 2 aliphatic heterocycles. The summed E-state index contributed by atoms with van der Waals surface area (Å²) in [6.45, 7) is 5.36. The first kappa shape index (κ1) is 17.5. The molecule has 0 spiro atoms. The van der Waals surface area contributed by atoms with E-state index in [-0.39, 0.29) is 29.6 Å². The summed E-state index contributed by atoms with van der Waals surface area (Å²) in [4.78, 5) is 32.0. The first-order chi connectivity index (χ1) is 12.5. The van der Waals surface area contributed by atoms with Crippen LogP contribution in [0.25, 0.3) is 0 Å². The van der Waals surface area contributed by atoms with Crippen molar-refractivity contribution in [1.82, 2.24) is 14.8 Å². The number of aliphatic hydroxyl groups is 1. The van der Waals surface area contributed by atoms with Crippen molar-refractivity contribution in [3.63, 3.8) is 0 Å². The fourth-order valence-electron chi connectivity index (χ4n) is 4.32. The molecular weight excluding hydrogens is 350 g/mol. The Morgan fingerprint density at radius 2 is 2.23 bits per heavy atom. The number of amides is 1. The van der Waals surface area contributed by atoms with Gasteiger partial charge in [0, 0.05) is 44.3 Å². The molecule has 2 N–H and O–H groups in total. The highest BCUT2D eigenvalue weighted by atomic mass is 32.1. The number of fused-ring (bicyclic) bond motifs is 1. The van der Waals surface area contributed by atoms with Crippen LogP contribution in [0.15, 0.2) is 29.8 Å². The summed E-state index contributed by atoms with van der Waals surface area (Å²) in [6.07, 6.45) is 1.75. The number of ketones is 1. The monoisotopic (exact) mass is 373 g/mol. The molecule has 0 saturated carbocycles. The molecule has 0 aromatic carbocycles. The van der Waals surface area contributed by atoms with Crippen LogP contribution in [0.4, 0.5) is 0 Å². The van der Waals surface area contributed by atoms with Crippen LogP contribution in [-0.4, -0.2) is 64.4 Å². The first-order valence-corrected chi connectivity index (χ1v) is 9.73. The van der Waals surface area contributed by atoms with E-state index in [0.29, 0.717) is 18.8 Å². The lowest BCUT2D eigenvalue weighted by Gasteiger charge is -2.27. The zero-order chi connectivity index (χ0) is 18.3. The van der Waals surface area contributed by atoms with E-state index in [1.54, 1.807) is 19.2 Å². The molecule has 0 aliphatic carbocycles. The summed E-state index contributed by atoms with van der Waals surface area (Å²) >= 11 is 1.49. The number of hydrogen-bond donors (Lipinski definition) is 2. The Morgan fingerprint density at radius 1 is 1.38 bits per heavy atom. The summed E-state index contributed by atoms with van der Waals surface area (Å²) in [5.41, 5.74) is 1.50. The molecule has 26 heavy (non-hydrogen) atoms. The first-order valence-electron chi connectivity index (χ1n) is 8.85. The zero-order valence-corrected chi connectivity index (χ0v) is 15.6. The fraction of sp³-hybridized carbons (Fsp3) is 0.474. The summed E-state index contributed by atoms with van der Waals surface area (Å²) in [5.74, 6) is 0.384. The SMILES string of the molecule is CC(=O)c1cc(CN2C[C@H]3CN(C(=O)c4ccc[nH]4)C[C@@]3(CO)C2)cs1. The normalized spacial score (nSPS) is 25.6. The van der Waals surface area contributed by atoms with E-state index >= 15 is 0 Å². The number of carbonyl (C=O) groups is 2. The van der Waals surface area contributed by atoms with Crippen LogP contribution >= 0.6 is 11.3 Å². The smallest absolute Gasteiger partial charge is 0.270 e. The topological polar surface area (TPSA) is 76.6 Å². The Hall–Kier alpha value is -1.96. The minimum absolute atomic E-state index is 0.00714. The van der Waals surface area contributed by atoms with Gasteiger partial charge >= 0.3 is 0 Å². The van der Waals surface area contributed by atoms with Gasteiger partial charge in [-0.15, -0.1) is 11.3 Å². The molecule has 0 bridgehead atoms. The van der Waals surface area contributed by atoms with E-state index in [0.717, 1.165) is 30.1 Å². The highest BCUT2D eigenvalue weighted by Gasteiger charge is 2.53. The highest BCUT2D eigenvalue weighted by Crippen LogP contribution is 2.43. The van der Waals surface area contributed by atoms with E-state index < -0.39 is 0 Å². The van der Waals surface area contributed by atoms with Gasteiger partial charge in [-0.3, -0.25) is 14.5 Å². The van der Waals surface area contributed by atoms with Crippen LogP contribution in [-0.2, 0) is 6.54 Å². The average Bonchev–Trinajstić information content (AvgIpc) is 3.37. The van der Waals surface area contributed by atoms with E-state index in [2.05, 4.69) is 9.88 Å². The van der Waals surface area contributed by atoms with Crippen molar-refractivity contribution in [2.45, 2.75) is 13.5 Å². The second-order valence-electron chi connectivity index (χ2n) is 7.53. The highest BCUT2D eigenvalue weighted by molar-refractivity contribution is 7.12. The van der Waals surface area contributed by atoms with Crippen LogP contribution in [0.5, 0.6) is 0 Å². The maximum atomic E-state index is 12.6. The van der Waals surface area contributed by atoms with E-state index in [1.165, 1.54) is 11.3 Å². The molecule has 7 heteroatoms. The lowest BCUT2D eigenvalue weighted by atomic mass is 9.82. The minimum Gasteiger partial charge on any atom is -0.396 e. The number of aromatic nitrogens is 1. The standard InChI is InChI=1S/C19H23N3O3S/c1-13(24)17-5-14(9-26-17)6-21-7-15-8-22(11-19(15,10-21)12-23)18(25)16-3-2-4-20-16/h2-5,9,15,20,23H,6-8,10-12H2,1H3/t15-,19+/m0/s1. The number of carbonyl (C=O) groups excluding carboxylic acids is 2. The molecular formula is C19H23N3O3S. The number of H-pyrrole nitrogens is 1. The van der Waals surface area contributed by atoms with Gasteiger partial charge in [0.2, 0.25) is 0 Å². The summed E-state index contributed by atoms with van der Waals surface area (Å²) in [7, 11) is 0. The number of Topliss-reactive ketones (excluding diaryl/α,β-unsaturated/α-hetero) is 1. The lowest BCUT2D eigenvalue weighted by Crippen LogP contribution is -2.38. The van der Waals surface area contributed by atoms with Gasteiger partial charge in [-0.2, -0.15) is 0 Å². The molecule has 0 radical (unpaired) electrons. The number of hydrogen-bond acceptors (Lipinski definition) is 5. The average molecular weight is 373 g/mol. The van der Waals surface area contributed by atoms with E-state index in [1.807, 2.05) is 22.4 Å². The molecule has 2 aliphatic rings. The Balaban J connectivity index is 1.43. The molecule has 6 nitrogen and oxygen atoms in total. The number of likely N-dealkylation sites (tertiary alicyclic amines) is 2. The minimum atomic E-state index is -0.248. The third-order valence-corrected chi connectivity index (χ3v) is 6.75. The van der Waals surface area contributed by atoms with E-state index in [9.17, 15) is 14.7 Å². The third kappa shape index (κ3) is 3.00. The maximum absolute atomic E-state index is 12.6. The zero-order valence-electron chi connectivity index (χ0n) is 14.8. The molecule has 1 amide bonds. The molecule has 2 aromatic heterocycles. The predicted octanol–water partition coefficient (Wildman–Crippen LogP) is 1.85. The largest absolute Gasteiger partial charge is 0.396 e. The van der Waals surface area contributed by atoms with Gasteiger partial charge in [-0.25, -0.2) is 0 Å². The molecule has 2 aromatic rings. The summed E-state index contributed by atoms with van der Waals surface area (Å²) in [6, 6.07) is 5.58. The number of nitrogens with one attached hydrogen (secondary N) is 1. The summed E-state index contributed by atoms with van der Waals surface area (Å²) < 4.78 is 0. The molecule has 4 heterocycles. The van der Waals surface area contributed by atoms with Gasteiger partial charge in [-0.1, -0.05) is 0 Å². The van der Waals surface area contributed by atoms with Crippen molar-refractivity contribution in [3.05, 3.63) is 45.9 Å². The Labute approximate surface area is 156 Å². The molecule has 0 unspecified atom stereocenters. The second kappa shape index (κ2) is 6.64. The van der Waals surface area contributed by atoms with Crippen molar-refractivity contribution in [2.75, 3.05) is 32.8 Å². The Bertz CT molecular complexity index is 816. The maximum Gasteiger partial charge on any atom is 0.270 e. The van der Waals surface area contributed by atoms with Crippen LogP contribution in [0, 0.1) is 11.3 Å². The van der Waals surface area contributed by atoms with Gasteiger partial charge < -0.3 is 15.0 Å². The van der Waals surface area contributed by atoms with Crippen molar-refractivity contribution in [2.24, 2.45) is 11.3 Å². The summed E-state index contributed by atoms with van der Waals surface area (Å²) in [5, 5.41) is 12.1. The molecule has 138 valence electrons. The molecule has 2 saturated heterocycles. The van der Waals surface area contributed by atoms with Crippen molar-refractivity contribution < 1.29 is 14.7 Å². The van der Waals surface area contributed by atoms with Gasteiger partial charge in [-0.05, 0) is 42.0 Å². The van der Waals surface area contributed by atoms with Gasteiger partial charge in [0.25, 0.3) is 5.91 Å². The number of rotatable bonds is 5. The molecule has 2 atom stereocenters. The number of nitrogens with zero attached hydrogens (tertiary/aromatic N) is 2. The van der Waals surface area contributed by atoms with Crippen LogP contribution < -0.4 is 0 Å². The lowest BCUT2D eigenvalue weighted by molar-refractivity contribution is 0.0714. The fourth-order valence-corrected chi connectivity index (χ4v) is 5.13. The number of aromatic amines is 1. The Morgan fingerprint density at radius 3 is 2.85 bits per heavy atom. The number of thiophene rings is 1. The quantitative estimate of drug-likeness (QED) is 0.784. The van der Waals surface area contributed by atoms with Crippen molar-refractivity contribution in [3.8, 4) is 0 Å². The second-order valence-corrected chi connectivity index (χ2v) is 8.44. The van der Waals surface area contributed by atoms with E-state index in [4.69, 9.17) is 0 Å². The Kier molecular flexibility index (Phi) is 4.46. The van der Waals surface area contributed by atoms with Gasteiger partial charge in [0.15, 0.2) is 5.78 Å². The van der Waals surface area contributed by atoms with Gasteiger partial charge in [0.05, 0.1) is 11.5 Å². The number of aliphatic hydroxyl groups excluding tert-OH is 1. The molecule has 4 rings (SSSR count). The third-order valence-electron chi connectivity index (χ3n) is 5.67. The molecule has 2 fully saturated rings. The van der Waals surface area contributed by atoms with Crippen LogP contribution in [0.2, 0.25) is 0 Å². The van der Waals surface area contributed by atoms with Gasteiger partial charge in [0.1, 0.15) is 5.69 Å².